The summed E-state index contributed by atoms with van der Waals surface area (Å²) in [6.45, 7) is 1.82. The van der Waals surface area contributed by atoms with Crippen molar-refractivity contribution in [3.63, 3.8) is 0 Å². The van der Waals surface area contributed by atoms with Crippen molar-refractivity contribution in [1.29, 1.82) is 5.26 Å². The maximum absolute atomic E-state index is 13.2. The summed E-state index contributed by atoms with van der Waals surface area (Å²) in [5.41, 5.74) is 3.26. The summed E-state index contributed by atoms with van der Waals surface area (Å²) in [4.78, 5) is 23.5. The molecule has 4 rings (SSSR count). The lowest BCUT2D eigenvalue weighted by Crippen LogP contribution is -2.34. The molecule has 0 aliphatic heterocycles. The SMILES string of the molecule is Cc1cc(C#N)cc(N(C(=O)c2cc(-c3cccnc3)n(C)n2)C2CC2)n1. The molecule has 27 heavy (non-hydrogen) atoms. The number of aromatic nitrogens is 4. The Hall–Kier alpha value is -3.53. The van der Waals surface area contributed by atoms with E-state index in [0.717, 1.165) is 24.1 Å². The van der Waals surface area contributed by atoms with E-state index in [0.29, 0.717) is 22.8 Å². The first kappa shape index (κ1) is 16.9. The van der Waals surface area contributed by atoms with Crippen LogP contribution in [-0.4, -0.2) is 31.7 Å². The summed E-state index contributed by atoms with van der Waals surface area (Å²) in [7, 11) is 1.80. The van der Waals surface area contributed by atoms with E-state index in [1.54, 1.807) is 47.2 Å². The fourth-order valence-corrected chi connectivity index (χ4v) is 3.11. The van der Waals surface area contributed by atoms with Crippen molar-refractivity contribution >= 4 is 11.7 Å². The average molecular weight is 358 g/mol. The van der Waals surface area contributed by atoms with Crippen LogP contribution < -0.4 is 4.90 Å². The Morgan fingerprint density at radius 1 is 1.33 bits per heavy atom. The van der Waals surface area contributed by atoms with Gasteiger partial charge in [-0.2, -0.15) is 10.4 Å². The third kappa shape index (κ3) is 3.29. The Labute approximate surface area is 156 Å². The van der Waals surface area contributed by atoms with Gasteiger partial charge in [-0.25, -0.2) is 4.98 Å². The summed E-state index contributed by atoms with van der Waals surface area (Å²) >= 11 is 0. The molecular formula is C20H18N6O. The molecular weight excluding hydrogens is 340 g/mol. The first-order valence-corrected chi connectivity index (χ1v) is 8.73. The van der Waals surface area contributed by atoms with Crippen molar-refractivity contribution in [2.75, 3.05) is 4.90 Å². The number of rotatable bonds is 4. The van der Waals surface area contributed by atoms with Crippen LogP contribution in [0.15, 0.2) is 42.7 Å². The van der Waals surface area contributed by atoms with Crippen LogP contribution in [0.2, 0.25) is 0 Å². The van der Waals surface area contributed by atoms with Crippen LogP contribution in [0.3, 0.4) is 0 Å². The number of carbonyl (C=O) groups is 1. The molecule has 3 heterocycles. The topological polar surface area (TPSA) is 87.7 Å². The fraction of sp³-hybridized carbons (Fsp3) is 0.250. The smallest absolute Gasteiger partial charge is 0.280 e. The van der Waals surface area contributed by atoms with E-state index in [9.17, 15) is 10.1 Å². The molecule has 7 nitrogen and oxygen atoms in total. The van der Waals surface area contributed by atoms with Crippen LogP contribution in [0.25, 0.3) is 11.3 Å². The predicted octanol–water partition coefficient (Wildman–Crippen LogP) is 2.87. The molecule has 3 aromatic rings. The summed E-state index contributed by atoms with van der Waals surface area (Å²) in [6.07, 6.45) is 5.29. The molecule has 0 N–H and O–H groups in total. The van der Waals surface area contributed by atoms with Crippen LogP contribution in [0.4, 0.5) is 5.82 Å². The van der Waals surface area contributed by atoms with Crippen LogP contribution in [0.1, 0.15) is 34.6 Å². The lowest BCUT2D eigenvalue weighted by Gasteiger charge is -2.21. The molecule has 1 fully saturated rings. The van der Waals surface area contributed by atoms with Crippen molar-refractivity contribution in [2.24, 2.45) is 7.05 Å². The van der Waals surface area contributed by atoms with E-state index in [2.05, 4.69) is 21.1 Å². The lowest BCUT2D eigenvalue weighted by molar-refractivity contribution is 0.0979. The molecule has 7 heteroatoms. The van der Waals surface area contributed by atoms with E-state index in [1.807, 2.05) is 19.1 Å². The molecule has 0 bridgehead atoms. The molecule has 1 saturated carbocycles. The molecule has 3 aromatic heterocycles. The molecule has 134 valence electrons. The highest BCUT2D eigenvalue weighted by Crippen LogP contribution is 2.33. The van der Waals surface area contributed by atoms with Gasteiger partial charge in [-0.15, -0.1) is 0 Å². The number of amides is 1. The first-order valence-electron chi connectivity index (χ1n) is 8.73. The largest absolute Gasteiger partial charge is 0.288 e. The van der Waals surface area contributed by atoms with Gasteiger partial charge in [-0.3, -0.25) is 19.4 Å². The summed E-state index contributed by atoms with van der Waals surface area (Å²) < 4.78 is 1.68. The van der Waals surface area contributed by atoms with Gasteiger partial charge < -0.3 is 0 Å². The second-order valence-corrected chi connectivity index (χ2v) is 6.65. The maximum Gasteiger partial charge on any atom is 0.280 e. The molecule has 0 radical (unpaired) electrons. The van der Waals surface area contributed by atoms with Gasteiger partial charge in [0.1, 0.15) is 5.82 Å². The van der Waals surface area contributed by atoms with Crippen molar-refractivity contribution in [3.8, 4) is 17.3 Å². The van der Waals surface area contributed by atoms with E-state index in [-0.39, 0.29) is 11.9 Å². The number of hydrogen-bond acceptors (Lipinski definition) is 5. The summed E-state index contributed by atoms with van der Waals surface area (Å²) in [5, 5.41) is 13.7. The van der Waals surface area contributed by atoms with Gasteiger partial charge in [-0.05, 0) is 50.1 Å². The van der Waals surface area contributed by atoms with Crippen molar-refractivity contribution in [2.45, 2.75) is 25.8 Å². The number of aryl methyl sites for hydroxylation is 2. The van der Waals surface area contributed by atoms with Gasteiger partial charge in [-0.1, -0.05) is 0 Å². The summed E-state index contributed by atoms with van der Waals surface area (Å²) in [6, 6.07) is 11.1. The van der Waals surface area contributed by atoms with Gasteiger partial charge in [0.25, 0.3) is 5.91 Å². The molecule has 1 aliphatic carbocycles. The Balaban J connectivity index is 1.72. The third-order valence-electron chi connectivity index (χ3n) is 4.50. The van der Waals surface area contributed by atoms with Crippen molar-refractivity contribution < 1.29 is 4.79 Å². The first-order chi connectivity index (χ1) is 13.1. The Morgan fingerprint density at radius 2 is 2.15 bits per heavy atom. The summed E-state index contributed by atoms with van der Waals surface area (Å²) in [5.74, 6) is 0.304. The second kappa shape index (κ2) is 6.65. The van der Waals surface area contributed by atoms with Crippen molar-refractivity contribution in [1.82, 2.24) is 19.7 Å². The van der Waals surface area contributed by atoms with Crippen LogP contribution >= 0.6 is 0 Å². The normalized spacial score (nSPS) is 13.2. The highest BCUT2D eigenvalue weighted by Gasteiger charge is 2.36. The Morgan fingerprint density at radius 3 is 2.81 bits per heavy atom. The van der Waals surface area contributed by atoms with Crippen molar-refractivity contribution in [3.05, 3.63) is 59.7 Å². The predicted molar refractivity (Wildman–Crippen MR) is 100.0 cm³/mol. The molecule has 0 spiro atoms. The van der Waals surface area contributed by atoms with Crippen LogP contribution in [0.5, 0.6) is 0 Å². The molecule has 0 unspecified atom stereocenters. The Bertz CT molecular complexity index is 1050. The number of carbonyl (C=O) groups excluding carboxylic acids is 1. The molecule has 0 atom stereocenters. The van der Waals surface area contributed by atoms with E-state index in [1.165, 1.54) is 0 Å². The lowest BCUT2D eigenvalue weighted by atomic mass is 10.2. The zero-order valence-electron chi connectivity index (χ0n) is 15.1. The van der Waals surface area contributed by atoms with Gasteiger partial charge in [0.2, 0.25) is 0 Å². The molecule has 1 aliphatic rings. The number of nitrogens with zero attached hydrogens (tertiary/aromatic N) is 6. The highest BCUT2D eigenvalue weighted by atomic mass is 16.2. The van der Waals surface area contributed by atoms with E-state index >= 15 is 0 Å². The Kier molecular flexibility index (Phi) is 4.16. The van der Waals surface area contributed by atoms with E-state index in [4.69, 9.17) is 0 Å². The van der Waals surface area contributed by atoms with E-state index < -0.39 is 0 Å². The standard InChI is InChI=1S/C20H18N6O/c1-13-8-14(11-21)9-19(23-13)26(16-5-6-16)20(27)17-10-18(25(2)24-17)15-4-3-7-22-12-15/h3-4,7-10,12,16H,5-6H2,1-2H3. The minimum Gasteiger partial charge on any atom is -0.288 e. The third-order valence-corrected chi connectivity index (χ3v) is 4.50. The number of hydrogen-bond donors (Lipinski definition) is 0. The second-order valence-electron chi connectivity index (χ2n) is 6.65. The van der Waals surface area contributed by atoms with Gasteiger partial charge in [0, 0.05) is 36.7 Å². The average Bonchev–Trinajstić information content (AvgIpc) is 3.42. The molecule has 0 aromatic carbocycles. The minimum atomic E-state index is -0.203. The quantitative estimate of drug-likeness (QED) is 0.715. The maximum atomic E-state index is 13.2. The number of anilines is 1. The monoisotopic (exact) mass is 358 g/mol. The van der Waals surface area contributed by atoms with Gasteiger partial charge in [0.05, 0.1) is 17.3 Å². The zero-order valence-corrected chi connectivity index (χ0v) is 15.1. The van der Waals surface area contributed by atoms with Crippen LogP contribution in [0, 0.1) is 18.3 Å². The van der Waals surface area contributed by atoms with Crippen LogP contribution in [-0.2, 0) is 7.05 Å². The number of pyridine rings is 2. The fourth-order valence-electron chi connectivity index (χ4n) is 3.11. The highest BCUT2D eigenvalue weighted by molar-refractivity contribution is 6.05. The molecule has 0 saturated heterocycles. The van der Waals surface area contributed by atoms with Gasteiger partial charge >= 0.3 is 0 Å². The molecule has 1 amide bonds. The van der Waals surface area contributed by atoms with Gasteiger partial charge in [0.15, 0.2) is 5.69 Å². The number of nitriles is 1. The minimum absolute atomic E-state index is 0.0993. The zero-order chi connectivity index (χ0) is 19.0.